The molecule has 1 aliphatic rings. The van der Waals surface area contributed by atoms with Gasteiger partial charge in [0.15, 0.2) is 0 Å². The zero-order valence-corrected chi connectivity index (χ0v) is 12.1. The smallest absolute Gasteiger partial charge is 0.227 e. The molecule has 0 bridgehead atoms. The van der Waals surface area contributed by atoms with Gasteiger partial charge >= 0.3 is 0 Å². The van der Waals surface area contributed by atoms with Crippen LogP contribution in [0.1, 0.15) is 38.7 Å². The zero-order valence-electron chi connectivity index (χ0n) is 12.1. The van der Waals surface area contributed by atoms with Gasteiger partial charge in [-0.2, -0.15) is 0 Å². The fourth-order valence-corrected chi connectivity index (χ4v) is 2.40. The van der Waals surface area contributed by atoms with Gasteiger partial charge in [-0.15, -0.1) is 0 Å². The molecule has 0 aromatic heterocycles. The number of nitrogens with one attached hydrogen (secondary N) is 2. The molecule has 0 radical (unpaired) electrons. The minimum Gasteiger partial charge on any atom is -0.354 e. The van der Waals surface area contributed by atoms with Gasteiger partial charge < -0.3 is 10.6 Å². The lowest BCUT2D eigenvalue weighted by atomic mass is 9.89. The SMILES string of the molecule is CC[C@H](C)NC(=O)CC[C@H]1Cc2ccccc2NC1=O. The molecule has 4 heteroatoms. The van der Waals surface area contributed by atoms with Crippen molar-refractivity contribution in [1.29, 1.82) is 0 Å². The van der Waals surface area contributed by atoms with E-state index in [0.717, 1.165) is 24.1 Å². The standard InChI is InChI=1S/C16H22N2O2/c1-3-11(2)17-15(19)9-8-13-10-12-6-4-5-7-14(12)18-16(13)20/h4-7,11,13H,3,8-10H2,1-2H3,(H,17,19)(H,18,20)/t11-,13-/m0/s1. The van der Waals surface area contributed by atoms with Crippen LogP contribution in [0.15, 0.2) is 24.3 Å². The quantitative estimate of drug-likeness (QED) is 0.866. The Bertz CT molecular complexity index is 499. The van der Waals surface area contributed by atoms with E-state index in [9.17, 15) is 9.59 Å². The predicted octanol–water partition coefficient (Wildman–Crippen LogP) is 2.49. The lowest BCUT2D eigenvalue weighted by molar-refractivity contribution is -0.123. The van der Waals surface area contributed by atoms with Gasteiger partial charge in [-0.05, 0) is 37.8 Å². The molecule has 0 aliphatic carbocycles. The summed E-state index contributed by atoms with van der Waals surface area (Å²) < 4.78 is 0. The number of carbonyl (C=O) groups excluding carboxylic acids is 2. The van der Waals surface area contributed by atoms with Crippen molar-refractivity contribution in [2.75, 3.05) is 5.32 Å². The maximum Gasteiger partial charge on any atom is 0.227 e. The fraction of sp³-hybridized carbons (Fsp3) is 0.500. The van der Waals surface area contributed by atoms with Crippen molar-refractivity contribution in [2.45, 2.75) is 45.6 Å². The van der Waals surface area contributed by atoms with E-state index in [2.05, 4.69) is 10.6 Å². The molecule has 1 aromatic carbocycles. The molecule has 0 saturated carbocycles. The molecule has 108 valence electrons. The van der Waals surface area contributed by atoms with Crippen molar-refractivity contribution in [3.63, 3.8) is 0 Å². The Labute approximate surface area is 119 Å². The number of hydrogen-bond acceptors (Lipinski definition) is 2. The molecule has 0 saturated heterocycles. The predicted molar refractivity (Wildman–Crippen MR) is 79.4 cm³/mol. The van der Waals surface area contributed by atoms with Crippen LogP contribution in [0.5, 0.6) is 0 Å². The van der Waals surface area contributed by atoms with Crippen molar-refractivity contribution in [2.24, 2.45) is 5.92 Å². The molecule has 2 N–H and O–H groups in total. The number of amides is 2. The van der Waals surface area contributed by atoms with E-state index in [4.69, 9.17) is 0 Å². The van der Waals surface area contributed by atoms with Gasteiger partial charge in [0.2, 0.25) is 11.8 Å². The summed E-state index contributed by atoms with van der Waals surface area (Å²) in [5, 5.41) is 5.85. The number of anilines is 1. The van der Waals surface area contributed by atoms with Crippen LogP contribution in [-0.4, -0.2) is 17.9 Å². The van der Waals surface area contributed by atoms with Crippen LogP contribution >= 0.6 is 0 Å². The van der Waals surface area contributed by atoms with E-state index < -0.39 is 0 Å². The highest BCUT2D eigenvalue weighted by atomic mass is 16.2. The van der Waals surface area contributed by atoms with Gasteiger partial charge in [-0.1, -0.05) is 25.1 Å². The Hall–Kier alpha value is -1.84. The molecular formula is C16H22N2O2. The van der Waals surface area contributed by atoms with Crippen molar-refractivity contribution >= 4 is 17.5 Å². The van der Waals surface area contributed by atoms with E-state index >= 15 is 0 Å². The summed E-state index contributed by atoms with van der Waals surface area (Å²) in [6, 6.07) is 8.03. The maximum absolute atomic E-state index is 12.0. The Kier molecular flexibility index (Phi) is 4.77. The molecule has 0 fully saturated rings. The van der Waals surface area contributed by atoms with Crippen LogP contribution in [0.2, 0.25) is 0 Å². The Morgan fingerprint density at radius 3 is 2.95 bits per heavy atom. The number of para-hydroxylation sites is 1. The van der Waals surface area contributed by atoms with Crippen molar-refractivity contribution in [1.82, 2.24) is 5.32 Å². The normalized spacial score (nSPS) is 18.9. The molecule has 0 unspecified atom stereocenters. The van der Waals surface area contributed by atoms with E-state index in [-0.39, 0.29) is 23.8 Å². The van der Waals surface area contributed by atoms with Gasteiger partial charge in [-0.25, -0.2) is 0 Å². The van der Waals surface area contributed by atoms with E-state index in [1.54, 1.807) is 0 Å². The van der Waals surface area contributed by atoms with Crippen molar-refractivity contribution < 1.29 is 9.59 Å². The van der Waals surface area contributed by atoms with E-state index in [1.165, 1.54) is 0 Å². The highest BCUT2D eigenvalue weighted by Gasteiger charge is 2.26. The topological polar surface area (TPSA) is 58.2 Å². The van der Waals surface area contributed by atoms with Gasteiger partial charge in [0, 0.05) is 24.1 Å². The molecule has 1 aromatic rings. The molecule has 0 spiro atoms. The average molecular weight is 274 g/mol. The van der Waals surface area contributed by atoms with Crippen LogP contribution < -0.4 is 10.6 Å². The summed E-state index contributed by atoms with van der Waals surface area (Å²) in [6.07, 6.45) is 2.65. The lowest BCUT2D eigenvalue weighted by Crippen LogP contribution is -2.34. The summed E-state index contributed by atoms with van der Waals surface area (Å²) >= 11 is 0. The molecular weight excluding hydrogens is 252 g/mol. The highest BCUT2D eigenvalue weighted by molar-refractivity contribution is 5.96. The van der Waals surface area contributed by atoms with Gasteiger partial charge in [-0.3, -0.25) is 9.59 Å². The summed E-state index contributed by atoms with van der Waals surface area (Å²) in [5.74, 6) is -0.0429. The Morgan fingerprint density at radius 2 is 2.20 bits per heavy atom. The second-order valence-corrected chi connectivity index (χ2v) is 5.46. The maximum atomic E-state index is 12.0. The first kappa shape index (κ1) is 14.6. The summed E-state index contributed by atoms with van der Waals surface area (Å²) in [7, 11) is 0. The minimum atomic E-state index is -0.104. The van der Waals surface area contributed by atoms with Crippen molar-refractivity contribution in [3.05, 3.63) is 29.8 Å². The third kappa shape index (κ3) is 3.59. The summed E-state index contributed by atoms with van der Waals surface area (Å²) in [4.78, 5) is 23.8. The van der Waals surface area contributed by atoms with E-state index in [1.807, 2.05) is 38.1 Å². The summed E-state index contributed by atoms with van der Waals surface area (Å²) in [6.45, 7) is 4.03. The highest BCUT2D eigenvalue weighted by Crippen LogP contribution is 2.27. The summed E-state index contributed by atoms with van der Waals surface area (Å²) in [5.41, 5.74) is 2.05. The third-order valence-corrected chi connectivity index (χ3v) is 3.85. The van der Waals surface area contributed by atoms with Gasteiger partial charge in [0.25, 0.3) is 0 Å². The number of fused-ring (bicyclic) bond motifs is 1. The minimum absolute atomic E-state index is 0.0278. The van der Waals surface area contributed by atoms with Crippen molar-refractivity contribution in [3.8, 4) is 0 Å². The monoisotopic (exact) mass is 274 g/mol. The molecule has 20 heavy (non-hydrogen) atoms. The van der Waals surface area contributed by atoms with Crippen LogP contribution in [0, 0.1) is 5.92 Å². The number of hydrogen-bond donors (Lipinski definition) is 2. The molecule has 1 aliphatic heterocycles. The van der Waals surface area contributed by atoms with E-state index in [0.29, 0.717) is 12.8 Å². The average Bonchev–Trinajstić information content (AvgIpc) is 2.44. The van der Waals surface area contributed by atoms with Gasteiger partial charge in [0.05, 0.1) is 0 Å². The Balaban J connectivity index is 1.88. The van der Waals surface area contributed by atoms with Crippen LogP contribution in [0.4, 0.5) is 5.69 Å². The van der Waals surface area contributed by atoms with Crippen LogP contribution in [-0.2, 0) is 16.0 Å². The molecule has 2 amide bonds. The third-order valence-electron chi connectivity index (χ3n) is 3.85. The fourth-order valence-electron chi connectivity index (χ4n) is 2.40. The zero-order chi connectivity index (χ0) is 14.5. The van der Waals surface area contributed by atoms with Crippen LogP contribution in [0.25, 0.3) is 0 Å². The molecule has 2 rings (SSSR count). The molecule has 2 atom stereocenters. The molecule has 1 heterocycles. The first-order chi connectivity index (χ1) is 9.60. The lowest BCUT2D eigenvalue weighted by Gasteiger charge is -2.24. The molecule has 4 nitrogen and oxygen atoms in total. The second kappa shape index (κ2) is 6.55. The number of carbonyl (C=O) groups is 2. The first-order valence-electron chi connectivity index (χ1n) is 7.28. The van der Waals surface area contributed by atoms with Crippen LogP contribution in [0.3, 0.4) is 0 Å². The second-order valence-electron chi connectivity index (χ2n) is 5.46. The number of rotatable bonds is 5. The first-order valence-corrected chi connectivity index (χ1v) is 7.28. The Morgan fingerprint density at radius 1 is 1.45 bits per heavy atom. The largest absolute Gasteiger partial charge is 0.354 e. The number of benzene rings is 1. The van der Waals surface area contributed by atoms with Gasteiger partial charge in [0.1, 0.15) is 0 Å².